The fraction of sp³-hybridized carbons (Fsp3) is 0.0667. The smallest absolute Gasteiger partial charge is 0.259 e. The van der Waals surface area contributed by atoms with Crippen molar-refractivity contribution in [3.05, 3.63) is 108 Å². The van der Waals surface area contributed by atoms with Crippen molar-refractivity contribution < 1.29 is 19.1 Å². The van der Waals surface area contributed by atoms with E-state index in [4.69, 9.17) is 9.47 Å². The first-order valence-corrected chi connectivity index (χ1v) is 11.4. The Labute approximate surface area is 208 Å². The van der Waals surface area contributed by atoms with Crippen LogP contribution in [0.3, 0.4) is 0 Å². The van der Waals surface area contributed by atoms with E-state index in [-0.39, 0.29) is 11.8 Å². The van der Waals surface area contributed by atoms with Gasteiger partial charge in [0.1, 0.15) is 11.5 Å². The third-order valence-electron chi connectivity index (χ3n) is 6.00. The molecule has 36 heavy (non-hydrogen) atoms. The highest BCUT2D eigenvalue weighted by Gasteiger charge is 2.16. The molecule has 5 aromatic carbocycles. The van der Waals surface area contributed by atoms with Crippen LogP contribution in [-0.4, -0.2) is 26.0 Å². The molecule has 0 fully saturated rings. The summed E-state index contributed by atoms with van der Waals surface area (Å²) in [6.45, 7) is 0. The fourth-order valence-corrected chi connectivity index (χ4v) is 4.20. The lowest BCUT2D eigenvalue weighted by Gasteiger charge is -2.13. The van der Waals surface area contributed by atoms with Crippen LogP contribution in [0.5, 0.6) is 11.5 Å². The van der Waals surface area contributed by atoms with Gasteiger partial charge >= 0.3 is 0 Å². The summed E-state index contributed by atoms with van der Waals surface area (Å²) in [6, 6.07) is 29.9. The summed E-state index contributed by atoms with van der Waals surface area (Å²) in [6.07, 6.45) is 0. The summed E-state index contributed by atoms with van der Waals surface area (Å²) in [5.74, 6) is 0.354. The number of carbonyl (C=O) groups is 2. The zero-order valence-corrected chi connectivity index (χ0v) is 19.9. The second-order valence-corrected chi connectivity index (χ2v) is 8.29. The number of benzene rings is 5. The monoisotopic (exact) mass is 476 g/mol. The van der Waals surface area contributed by atoms with E-state index < -0.39 is 0 Å². The summed E-state index contributed by atoms with van der Waals surface area (Å²) in [7, 11) is 3.08. The zero-order chi connectivity index (χ0) is 25.1. The van der Waals surface area contributed by atoms with Gasteiger partial charge in [0, 0.05) is 11.4 Å². The molecule has 5 aromatic rings. The minimum Gasteiger partial charge on any atom is -0.496 e. The average molecular weight is 477 g/mol. The van der Waals surface area contributed by atoms with E-state index in [0.717, 1.165) is 21.5 Å². The molecular weight excluding hydrogens is 452 g/mol. The molecule has 0 aromatic heterocycles. The second kappa shape index (κ2) is 9.80. The predicted octanol–water partition coefficient (Wildman–Crippen LogP) is 6.51. The Hall–Kier alpha value is -4.84. The van der Waals surface area contributed by atoms with Gasteiger partial charge in [-0.1, -0.05) is 54.6 Å². The van der Waals surface area contributed by atoms with E-state index in [9.17, 15) is 9.59 Å². The molecule has 0 saturated carbocycles. The van der Waals surface area contributed by atoms with Gasteiger partial charge in [-0.15, -0.1) is 0 Å². The Balaban J connectivity index is 1.38. The van der Waals surface area contributed by atoms with E-state index in [1.165, 1.54) is 14.2 Å². The van der Waals surface area contributed by atoms with Crippen LogP contribution in [0.15, 0.2) is 97.1 Å². The normalized spacial score (nSPS) is 10.7. The molecule has 0 atom stereocenters. The highest BCUT2D eigenvalue weighted by atomic mass is 16.5. The number of rotatable bonds is 6. The van der Waals surface area contributed by atoms with Gasteiger partial charge in [0.15, 0.2) is 0 Å². The summed E-state index contributed by atoms with van der Waals surface area (Å²) in [4.78, 5) is 26.2. The number of fused-ring (bicyclic) bond motifs is 2. The van der Waals surface area contributed by atoms with E-state index in [2.05, 4.69) is 10.6 Å². The lowest BCUT2D eigenvalue weighted by Crippen LogP contribution is -2.15. The Bertz CT molecular complexity index is 1490. The Morgan fingerprint density at radius 1 is 0.528 bits per heavy atom. The van der Waals surface area contributed by atoms with Crippen molar-refractivity contribution in [3.8, 4) is 11.5 Å². The molecule has 2 N–H and O–H groups in total. The number of amides is 2. The van der Waals surface area contributed by atoms with Gasteiger partial charge in [-0.05, 0) is 64.0 Å². The topological polar surface area (TPSA) is 76.7 Å². The molecule has 0 unspecified atom stereocenters. The molecule has 178 valence electrons. The number of nitrogens with one attached hydrogen (secondary N) is 2. The third-order valence-corrected chi connectivity index (χ3v) is 6.00. The van der Waals surface area contributed by atoms with Crippen LogP contribution in [0.4, 0.5) is 11.4 Å². The maximum atomic E-state index is 13.1. The molecule has 0 aliphatic rings. The summed E-state index contributed by atoms with van der Waals surface area (Å²) >= 11 is 0. The number of hydrogen-bond donors (Lipinski definition) is 2. The predicted molar refractivity (Wildman–Crippen MR) is 143 cm³/mol. The Kier molecular flexibility index (Phi) is 6.24. The van der Waals surface area contributed by atoms with E-state index in [1.54, 1.807) is 36.4 Å². The first-order valence-electron chi connectivity index (χ1n) is 11.4. The van der Waals surface area contributed by atoms with E-state index in [1.807, 2.05) is 60.7 Å². The van der Waals surface area contributed by atoms with Crippen LogP contribution in [0.1, 0.15) is 20.7 Å². The lowest BCUT2D eigenvalue weighted by atomic mass is 10.0. The van der Waals surface area contributed by atoms with Crippen LogP contribution in [-0.2, 0) is 0 Å². The van der Waals surface area contributed by atoms with Crippen molar-refractivity contribution in [1.82, 2.24) is 0 Å². The molecule has 6 heteroatoms. The minimum absolute atomic E-state index is 0.308. The van der Waals surface area contributed by atoms with Crippen LogP contribution >= 0.6 is 0 Å². The first kappa shape index (κ1) is 22.9. The second-order valence-electron chi connectivity index (χ2n) is 8.29. The summed E-state index contributed by atoms with van der Waals surface area (Å²) < 4.78 is 10.9. The van der Waals surface area contributed by atoms with Crippen molar-refractivity contribution in [2.75, 3.05) is 24.9 Å². The maximum absolute atomic E-state index is 13.1. The van der Waals surface area contributed by atoms with Crippen LogP contribution in [0.2, 0.25) is 0 Å². The van der Waals surface area contributed by atoms with Gasteiger partial charge in [0.05, 0.1) is 25.3 Å². The molecular formula is C30H24N2O4. The van der Waals surface area contributed by atoms with Crippen molar-refractivity contribution in [3.63, 3.8) is 0 Å². The Morgan fingerprint density at radius 3 is 1.31 bits per heavy atom. The molecule has 0 bridgehead atoms. The van der Waals surface area contributed by atoms with Crippen LogP contribution in [0, 0.1) is 0 Å². The average Bonchev–Trinajstić information content (AvgIpc) is 2.91. The minimum atomic E-state index is -0.308. The highest BCUT2D eigenvalue weighted by Crippen LogP contribution is 2.29. The van der Waals surface area contributed by atoms with E-state index >= 15 is 0 Å². The van der Waals surface area contributed by atoms with Gasteiger partial charge in [-0.25, -0.2) is 0 Å². The zero-order valence-electron chi connectivity index (χ0n) is 19.9. The largest absolute Gasteiger partial charge is 0.496 e. The number of methoxy groups -OCH3 is 2. The van der Waals surface area contributed by atoms with Crippen molar-refractivity contribution in [1.29, 1.82) is 0 Å². The highest BCUT2D eigenvalue weighted by molar-refractivity contribution is 6.10. The molecule has 0 heterocycles. The number of hydrogen-bond acceptors (Lipinski definition) is 4. The molecule has 0 spiro atoms. The molecule has 0 aliphatic carbocycles. The molecule has 5 rings (SSSR count). The lowest BCUT2D eigenvalue weighted by molar-refractivity contribution is 0.101. The quantitative estimate of drug-likeness (QED) is 0.293. The number of anilines is 2. The van der Waals surface area contributed by atoms with E-state index in [0.29, 0.717) is 34.0 Å². The van der Waals surface area contributed by atoms with Gasteiger partial charge < -0.3 is 20.1 Å². The molecule has 0 radical (unpaired) electrons. The van der Waals surface area contributed by atoms with Crippen molar-refractivity contribution in [2.24, 2.45) is 0 Å². The van der Waals surface area contributed by atoms with Gasteiger partial charge in [0.2, 0.25) is 0 Å². The third kappa shape index (κ3) is 4.57. The summed E-state index contributed by atoms with van der Waals surface area (Å²) in [5.41, 5.74) is 1.93. The van der Waals surface area contributed by atoms with Crippen LogP contribution < -0.4 is 20.1 Å². The number of carbonyl (C=O) groups excluding carboxylic acids is 2. The molecule has 0 saturated heterocycles. The SMILES string of the molecule is COc1cc2ccccc2cc1C(=O)Nc1cccc(NC(=O)c2cc3ccccc3cc2OC)c1. The van der Waals surface area contributed by atoms with Gasteiger partial charge in [-0.3, -0.25) is 9.59 Å². The van der Waals surface area contributed by atoms with Crippen molar-refractivity contribution in [2.45, 2.75) is 0 Å². The Morgan fingerprint density at radius 2 is 0.917 bits per heavy atom. The summed E-state index contributed by atoms with van der Waals surface area (Å²) in [5, 5.41) is 9.65. The van der Waals surface area contributed by atoms with Crippen molar-refractivity contribution >= 4 is 44.7 Å². The molecule has 6 nitrogen and oxygen atoms in total. The molecule has 2 amide bonds. The number of ether oxygens (including phenoxy) is 2. The molecule has 0 aliphatic heterocycles. The maximum Gasteiger partial charge on any atom is 0.259 e. The van der Waals surface area contributed by atoms with Gasteiger partial charge in [0.25, 0.3) is 11.8 Å². The standard InChI is InChI=1S/C30H24N2O4/c1-35-27-16-21-10-5-3-8-19(21)14-25(27)29(33)31-23-12-7-13-24(18-23)32-30(34)26-15-20-9-4-6-11-22(20)17-28(26)36-2/h3-18H,1-2H3,(H,31,33)(H,32,34). The first-order chi connectivity index (χ1) is 17.6. The van der Waals surface area contributed by atoms with Gasteiger partial charge in [-0.2, -0.15) is 0 Å². The van der Waals surface area contributed by atoms with Crippen LogP contribution in [0.25, 0.3) is 21.5 Å². The fourth-order valence-electron chi connectivity index (χ4n) is 4.20.